The lowest BCUT2D eigenvalue weighted by molar-refractivity contribution is -0.116. The highest BCUT2D eigenvalue weighted by Gasteiger charge is 2.11. The topological polar surface area (TPSA) is 66.5 Å². The second kappa shape index (κ2) is 9.92. The van der Waals surface area contributed by atoms with Crippen molar-refractivity contribution in [1.82, 2.24) is 5.32 Å². The maximum absolute atomic E-state index is 12.1. The number of hydrogen-bond donors (Lipinski definition) is 1. The van der Waals surface area contributed by atoms with E-state index in [1.54, 1.807) is 18.2 Å². The van der Waals surface area contributed by atoms with Gasteiger partial charge in [-0.05, 0) is 35.8 Å². The molecule has 2 aromatic carbocycles. The standard InChI is InChI=1S/C21H26N2O3S/c1-23(2)20-12-9-18(10-13-20)11-14-21(24)22-15-6-16-27(25,26)17-19-7-4-3-5-8-19/h3-5,7-14H,6,15-17H2,1-2H3,(H,22,24)/b14-11+. The molecular weight excluding hydrogens is 360 g/mol. The fraction of sp³-hybridized carbons (Fsp3) is 0.286. The summed E-state index contributed by atoms with van der Waals surface area (Å²) in [6, 6.07) is 17.0. The molecule has 0 saturated heterocycles. The molecule has 0 spiro atoms. The second-order valence-electron chi connectivity index (χ2n) is 6.54. The number of nitrogens with zero attached hydrogens (tertiary/aromatic N) is 1. The molecule has 0 fully saturated rings. The Morgan fingerprint density at radius 2 is 1.70 bits per heavy atom. The number of carbonyl (C=O) groups excluding carboxylic acids is 1. The Kier molecular flexibility index (Phi) is 7.61. The molecule has 6 heteroatoms. The number of amides is 1. The normalized spacial score (nSPS) is 11.5. The number of carbonyl (C=O) groups is 1. The number of nitrogens with one attached hydrogen (secondary N) is 1. The minimum Gasteiger partial charge on any atom is -0.378 e. The summed E-state index contributed by atoms with van der Waals surface area (Å²) in [5.74, 6) is -0.144. The Labute approximate surface area is 161 Å². The van der Waals surface area contributed by atoms with Crippen LogP contribution in [0, 0.1) is 0 Å². The van der Waals surface area contributed by atoms with Crippen LogP contribution in [0.4, 0.5) is 5.69 Å². The largest absolute Gasteiger partial charge is 0.378 e. The molecule has 0 saturated carbocycles. The van der Waals surface area contributed by atoms with Crippen LogP contribution in [-0.2, 0) is 20.4 Å². The van der Waals surface area contributed by atoms with Gasteiger partial charge >= 0.3 is 0 Å². The first kappa shape index (κ1) is 20.7. The molecule has 144 valence electrons. The van der Waals surface area contributed by atoms with E-state index in [9.17, 15) is 13.2 Å². The van der Waals surface area contributed by atoms with Crippen LogP contribution in [0.2, 0.25) is 0 Å². The summed E-state index contributed by atoms with van der Waals surface area (Å²) in [5.41, 5.74) is 2.80. The summed E-state index contributed by atoms with van der Waals surface area (Å²) in [7, 11) is 0.769. The average molecular weight is 387 g/mol. The molecule has 2 rings (SSSR count). The van der Waals surface area contributed by atoms with Gasteiger partial charge in [0.2, 0.25) is 5.91 Å². The van der Waals surface area contributed by atoms with Crippen LogP contribution in [0.3, 0.4) is 0 Å². The number of rotatable bonds is 9. The van der Waals surface area contributed by atoms with Crippen molar-refractivity contribution in [2.24, 2.45) is 0 Å². The van der Waals surface area contributed by atoms with Gasteiger partial charge in [-0.2, -0.15) is 0 Å². The summed E-state index contributed by atoms with van der Waals surface area (Å²) in [6.07, 6.45) is 3.59. The van der Waals surface area contributed by atoms with Gasteiger partial charge in [-0.1, -0.05) is 42.5 Å². The van der Waals surface area contributed by atoms with Gasteiger partial charge in [-0.25, -0.2) is 8.42 Å². The van der Waals surface area contributed by atoms with E-state index in [4.69, 9.17) is 0 Å². The smallest absolute Gasteiger partial charge is 0.243 e. The summed E-state index contributed by atoms with van der Waals surface area (Å²) in [5, 5.41) is 2.72. The molecule has 27 heavy (non-hydrogen) atoms. The van der Waals surface area contributed by atoms with Gasteiger partial charge in [0.1, 0.15) is 0 Å². The van der Waals surface area contributed by atoms with Crippen molar-refractivity contribution >= 4 is 27.5 Å². The predicted molar refractivity (Wildman–Crippen MR) is 111 cm³/mol. The minimum absolute atomic E-state index is 0.0324. The van der Waals surface area contributed by atoms with Crippen molar-refractivity contribution in [3.05, 3.63) is 71.8 Å². The summed E-state index contributed by atoms with van der Waals surface area (Å²) in [6.45, 7) is 0.330. The van der Waals surface area contributed by atoms with E-state index >= 15 is 0 Å². The lowest BCUT2D eigenvalue weighted by Crippen LogP contribution is -2.24. The number of hydrogen-bond acceptors (Lipinski definition) is 4. The SMILES string of the molecule is CN(C)c1ccc(/C=C/C(=O)NCCCS(=O)(=O)Cc2ccccc2)cc1. The Balaban J connectivity index is 1.72. The molecular formula is C21H26N2O3S. The summed E-state index contributed by atoms with van der Waals surface area (Å²) >= 11 is 0. The second-order valence-corrected chi connectivity index (χ2v) is 8.73. The monoisotopic (exact) mass is 386 g/mol. The highest BCUT2D eigenvalue weighted by molar-refractivity contribution is 7.90. The first-order chi connectivity index (χ1) is 12.9. The number of anilines is 1. The van der Waals surface area contributed by atoms with Crippen LogP contribution in [-0.4, -0.2) is 40.7 Å². The Bertz CT molecular complexity index is 858. The quantitative estimate of drug-likeness (QED) is 0.532. The number of sulfone groups is 1. The molecule has 0 heterocycles. The first-order valence-electron chi connectivity index (χ1n) is 8.83. The Hall–Kier alpha value is -2.60. The van der Waals surface area contributed by atoms with Gasteiger partial charge in [0.05, 0.1) is 11.5 Å². The molecule has 0 bridgehead atoms. The van der Waals surface area contributed by atoms with Gasteiger partial charge in [0.25, 0.3) is 0 Å². The zero-order valence-electron chi connectivity index (χ0n) is 15.8. The van der Waals surface area contributed by atoms with Gasteiger partial charge < -0.3 is 10.2 Å². The Morgan fingerprint density at radius 3 is 2.33 bits per heavy atom. The summed E-state index contributed by atoms with van der Waals surface area (Å²) in [4.78, 5) is 13.9. The molecule has 0 aliphatic heterocycles. The fourth-order valence-corrected chi connectivity index (χ4v) is 3.95. The number of benzene rings is 2. The van der Waals surface area contributed by atoms with Crippen LogP contribution in [0.15, 0.2) is 60.7 Å². The van der Waals surface area contributed by atoms with Crippen molar-refractivity contribution in [1.29, 1.82) is 0 Å². The maximum atomic E-state index is 12.1. The van der Waals surface area contributed by atoms with E-state index in [1.807, 2.05) is 61.5 Å². The molecule has 0 aliphatic carbocycles. The van der Waals surface area contributed by atoms with Crippen LogP contribution >= 0.6 is 0 Å². The highest BCUT2D eigenvalue weighted by atomic mass is 32.2. The molecule has 0 aromatic heterocycles. The van der Waals surface area contributed by atoms with Crippen molar-refractivity contribution in [2.75, 3.05) is 31.3 Å². The van der Waals surface area contributed by atoms with Crippen LogP contribution in [0.5, 0.6) is 0 Å². The zero-order chi connectivity index (χ0) is 19.7. The van der Waals surface area contributed by atoms with Gasteiger partial charge in [-0.15, -0.1) is 0 Å². The molecule has 0 unspecified atom stereocenters. The van der Waals surface area contributed by atoms with Crippen LogP contribution in [0.25, 0.3) is 6.08 Å². The molecule has 0 radical (unpaired) electrons. The van der Waals surface area contributed by atoms with Crippen molar-refractivity contribution in [3.8, 4) is 0 Å². The average Bonchev–Trinajstić information content (AvgIpc) is 2.64. The molecule has 0 aliphatic rings. The van der Waals surface area contributed by atoms with Crippen molar-refractivity contribution in [3.63, 3.8) is 0 Å². The van der Waals surface area contributed by atoms with Crippen molar-refractivity contribution < 1.29 is 13.2 Å². The zero-order valence-corrected chi connectivity index (χ0v) is 16.6. The van der Waals surface area contributed by atoms with Crippen LogP contribution < -0.4 is 10.2 Å². The van der Waals surface area contributed by atoms with E-state index in [2.05, 4.69) is 5.32 Å². The minimum atomic E-state index is -3.17. The third-order valence-electron chi connectivity index (χ3n) is 4.00. The third-order valence-corrected chi connectivity index (χ3v) is 5.68. The van der Waals surface area contributed by atoms with Crippen LogP contribution in [0.1, 0.15) is 17.5 Å². The fourth-order valence-electron chi connectivity index (χ4n) is 2.52. The van der Waals surface area contributed by atoms with E-state index in [1.165, 1.54) is 6.08 Å². The molecule has 1 N–H and O–H groups in total. The Morgan fingerprint density at radius 1 is 1.04 bits per heavy atom. The molecule has 0 atom stereocenters. The van der Waals surface area contributed by atoms with Gasteiger partial charge in [0, 0.05) is 32.4 Å². The molecule has 5 nitrogen and oxygen atoms in total. The van der Waals surface area contributed by atoms with E-state index in [0.29, 0.717) is 13.0 Å². The summed E-state index contributed by atoms with van der Waals surface area (Å²) < 4.78 is 24.2. The maximum Gasteiger partial charge on any atom is 0.243 e. The molecule has 1 amide bonds. The first-order valence-corrected chi connectivity index (χ1v) is 10.7. The van der Waals surface area contributed by atoms with Gasteiger partial charge in [0.15, 0.2) is 9.84 Å². The predicted octanol–water partition coefficient (Wildman–Crippen LogP) is 2.89. The lowest BCUT2D eigenvalue weighted by Gasteiger charge is -2.11. The lowest BCUT2D eigenvalue weighted by atomic mass is 10.2. The van der Waals surface area contributed by atoms with E-state index in [0.717, 1.165) is 16.8 Å². The van der Waals surface area contributed by atoms with E-state index < -0.39 is 9.84 Å². The highest BCUT2D eigenvalue weighted by Crippen LogP contribution is 2.13. The van der Waals surface area contributed by atoms with E-state index in [-0.39, 0.29) is 17.4 Å². The van der Waals surface area contributed by atoms with Gasteiger partial charge in [-0.3, -0.25) is 4.79 Å². The van der Waals surface area contributed by atoms with Crippen molar-refractivity contribution in [2.45, 2.75) is 12.2 Å². The third kappa shape index (κ3) is 7.66. The molecule has 2 aromatic rings.